The van der Waals surface area contributed by atoms with Crippen molar-refractivity contribution in [1.82, 2.24) is 9.97 Å². The van der Waals surface area contributed by atoms with Crippen molar-refractivity contribution in [2.75, 3.05) is 0 Å². The summed E-state index contributed by atoms with van der Waals surface area (Å²) in [5.74, 6) is 0. The molecule has 0 bridgehead atoms. The van der Waals surface area contributed by atoms with Gasteiger partial charge in [-0.3, -0.25) is 15.1 Å². The zero-order valence-corrected chi connectivity index (χ0v) is 12.2. The van der Waals surface area contributed by atoms with Gasteiger partial charge in [-0.1, -0.05) is 18.2 Å². The van der Waals surface area contributed by atoms with Gasteiger partial charge in [0.1, 0.15) is 5.01 Å². The third-order valence-corrected chi connectivity index (χ3v) is 3.81. The number of hydrogen-bond donors (Lipinski definition) is 0. The Bertz CT molecular complexity index is 828. The summed E-state index contributed by atoms with van der Waals surface area (Å²) < 4.78 is 0. The highest BCUT2D eigenvalue weighted by Gasteiger charge is 2.04. The van der Waals surface area contributed by atoms with Gasteiger partial charge in [-0.25, -0.2) is 4.98 Å². The SMILES string of the molecule is O=[N+]([O-])c1cccc(C=Cc2nc(-c3ccncc3)cs2)c1. The summed E-state index contributed by atoms with van der Waals surface area (Å²) in [6, 6.07) is 10.3. The predicted octanol–water partition coefficient (Wildman–Crippen LogP) is 4.28. The molecule has 0 N–H and O–H groups in total. The fraction of sp³-hybridized carbons (Fsp3) is 0. The molecule has 0 unspecified atom stereocenters. The molecular weight excluding hydrogens is 298 g/mol. The van der Waals surface area contributed by atoms with Crippen molar-refractivity contribution in [3.63, 3.8) is 0 Å². The van der Waals surface area contributed by atoms with E-state index >= 15 is 0 Å². The predicted molar refractivity (Wildman–Crippen MR) is 87.4 cm³/mol. The number of thiazole rings is 1. The van der Waals surface area contributed by atoms with Crippen LogP contribution >= 0.6 is 11.3 Å². The van der Waals surface area contributed by atoms with E-state index in [9.17, 15) is 10.1 Å². The molecule has 0 saturated heterocycles. The van der Waals surface area contributed by atoms with Crippen molar-refractivity contribution in [2.45, 2.75) is 0 Å². The van der Waals surface area contributed by atoms with Crippen LogP contribution < -0.4 is 0 Å². The molecule has 0 atom stereocenters. The minimum Gasteiger partial charge on any atom is -0.265 e. The highest BCUT2D eigenvalue weighted by molar-refractivity contribution is 7.10. The number of aromatic nitrogens is 2. The van der Waals surface area contributed by atoms with Crippen LogP contribution in [0.1, 0.15) is 10.6 Å². The van der Waals surface area contributed by atoms with Crippen LogP contribution in [0.25, 0.3) is 23.4 Å². The van der Waals surface area contributed by atoms with E-state index in [1.807, 2.05) is 35.7 Å². The van der Waals surface area contributed by atoms with Crippen LogP contribution in [0.2, 0.25) is 0 Å². The average molecular weight is 309 g/mol. The van der Waals surface area contributed by atoms with Gasteiger partial charge in [-0.15, -0.1) is 11.3 Å². The Hall–Kier alpha value is -2.86. The molecule has 5 nitrogen and oxygen atoms in total. The average Bonchev–Trinajstić information content (AvgIpc) is 3.03. The first kappa shape index (κ1) is 14.1. The summed E-state index contributed by atoms with van der Waals surface area (Å²) in [6.45, 7) is 0. The van der Waals surface area contributed by atoms with Crippen LogP contribution in [0.15, 0.2) is 54.2 Å². The van der Waals surface area contributed by atoms with E-state index in [1.165, 1.54) is 23.5 Å². The highest BCUT2D eigenvalue weighted by Crippen LogP contribution is 2.23. The smallest absolute Gasteiger partial charge is 0.265 e. The molecule has 2 aromatic heterocycles. The normalized spacial score (nSPS) is 10.9. The van der Waals surface area contributed by atoms with Crippen LogP contribution in [-0.4, -0.2) is 14.9 Å². The zero-order chi connectivity index (χ0) is 15.4. The fourth-order valence-electron chi connectivity index (χ4n) is 1.93. The topological polar surface area (TPSA) is 68.9 Å². The molecule has 0 amide bonds. The molecule has 0 aliphatic carbocycles. The standard InChI is InChI=1S/C16H11N3O2S/c20-19(21)14-3-1-2-12(10-14)4-5-16-18-15(11-22-16)13-6-8-17-9-7-13/h1-11H. The summed E-state index contributed by atoms with van der Waals surface area (Å²) in [4.78, 5) is 18.9. The maximum Gasteiger partial charge on any atom is 0.270 e. The number of benzene rings is 1. The van der Waals surface area contributed by atoms with Crippen LogP contribution in [-0.2, 0) is 0 Å². The summed E-state index contributed by atoms with van der Waals surface area (Å²) in [7, 11) is 0. The molecule has 0 saturated carbocycles. The van der Waals surface area contributed by atoms with Crippen molar-refractivity contribution in [2.24, 2.45) is 0 Å². The quantitative estimate of drug-likeness (QED) is 0.532. The lowest BCUT2D eigenvalue weighted by Gasteiger charge is -1.94. The van der Waals surface area contributed by atoms with E-state index < -0.39 is 4.92 Å². The number of nitrogens with zero attached hydrogens (tertiary/aromatic N) is 3. The van der Waals surface area contributed by atoms with Gasteiger partial charge in [0.05, 0.1) is 10.6 Å². The van der Waals surface area contributed by atoms with Gasteiger partial charge in [0.15, 0.2) is 0 Å². The van der Waals surface area contributed by atoms with Crippen molar-refractivity contribution in [3.05, 3.63) is 74.9 Å². The summed E-state index contributed by atoms with van der Waals surface area (Å²) in [5, 5.41) is 13.6. The Morgan fingerprint density at radius 2 is 1.95 bits per heavy atom. The first-order chi connectivity index (χ1) is 10.7. The van der Waals surface area contributed by atoms with Crippen molar-refractivity contribution < 1.29 is 4.92 Å². The molecule has 0 fully saturated rings. The van der Waals surface area contributed by atoms with Crippen molar-refractivity contribution in [3.8, 4) is 11.3 Å². The molecule has 0 spiro atoms. The molecule has 108 valence electrons. The molecule has 0 aliphatic rings. The molecule has 3 rings (SSSR count). The number of rotatable bonds is 4. The molecule has 2 heterocycles. The number of nitro benzene ring substituents is 1. The van der Waals surface area contributed by atoms with E-state index in [1.54, 1.807) is 18.5 Å². The third kappa shape index (κ3) is 3.24. The molecule has 0 radical (unpaired) electrons. The van der Waals surface area contributed by atoms with Gasteiger partial charge in [0, 0.05) is 35.5 Å². The third-order valence-electron chi connectivity index (χ3n) is 3.00. The Labute approximate surface area is 130 Å². The number of nitro groups is 1. The lowest BCUT2D eigenvalue weighted by atomic mass is 10.2. The van der Waals surface area contributed by atoms with Gasteiger partial charge in [-0.05, 0) is 23.8 Å². The Morgan fingerprint density at radius 3 is 2.73 bits per heavy atom. The monoisotopic (exact) mass is 309 g/mol. The first-order valence-corrected chi connectivity index (χ1v) is 7.39. The van der Waals surface area contributed by atoms with Gasteiger partial charge in [-0.2, -0.15) is 0 Å². The minimum absolute atomic E-state index is 0.0822. The zero-order valence-electron chi connectivity index (χ0n) is 11.4. The molecule has 1 aromatic carbocycles. The van der Waals surface area contributed by atoms with E-state index in [0.29, 0.717) is 0 Å². The number of non-ortho nitro benzene ring substituents is 1. The molecule has 0 aliphatic heterocycles. The first-order valence-electron chi connectivity index (χ1n) is 6.51. The van der Waals surface area contributed by atoms with Crippen LogP contribution in [0.3, 0.4) is 0 Å². The highest BCUT2D eigenvalue weighted by atomic mass is 32.1. The second kappa shape index (κ2) is 6.28. The number of pyridine rings is 1. The minimum atomic E-state index is -0.401. The summed E-state index contributed by atoms with van der Waals surface area (Å²) in [6.07, 6.45) is 7.14. The largest absolute Gasteiger partial charge is 0.270 e. The molecule has 6 heteroatoms. The van der Waals surface area contributed by atoms with E-state index in [0.717, 1.165) is 21.8 Å². The Morgan fingerprint density at radius 1 is 1.14 bits per heavy atom. The molecular formula is C16H11N3O2S. The summed E-state index contributed by atoms with van der Waals surface area (Å²) >= 11 is 1.52. The maximum atomic E-state index is 10.8. The van der Waals surface area contributed by atoms with E-state index in [2.05, 4.69) is 9.97 Å². The van der Waals surface area contributed by atoms with Gasteiger partial charge < -0.3 is 0 Å². The van der Waals surface area contributed by atoms with Crippen molar-refractivity contribution in [1.29, 1.82) is 0 Å². The summed E-state index contributed by atoms with van der Waals surface area (Å²) in [5.41, 5.74) is 2.76. The van der Waals surface area contributed by atoms with Gasteiger partial charge in [0.2, 0.25) is 0 Å². The lowest BCUT2D eigenvalue weighted by molar-refractivity contribution is -0.384. The van der Waals surface area contributed by atoms with E-state index in [4.69, 9.17) is 0 Å². The second-order valence-electron chi connectivity index (χ2n) is 4.49. The second-order valence-corrected chi connectivity index (χ2v) is 5.38. The van der Waals surface area contributed by atoms with Crippen LogP contribution in [0, 0.1) is 10.1 Å². The molecule has 3 aromatic rings. The van der Waals surface area contributed by atoms with E-state index in [-0.39, 0.29) is 5.69 Å². The van der Waals surface area contributed by atoms with Crippen LogP contribution in [0.4, 0.5) is 5.69 Å². The van der Waals surface area contributed by atoms with Crippen LogP contribution in [0.5, 0.6) is 0 Å². The number of hydrogen-bond acceptors (Lipinski definition) is 5. The van der Waals surface area contributed by atoms with Crippen molar-refractivity contribution >= 4 is 29.2 Å². The van der Waals surface area contributed by atoms with Gasteiger partial charge in [0.25, 0.3) is 5.69 Å². The fourth-order valence-corrected chi connectivity index (χ4v) is 2.65. The molecule has 22 heavy (non-hydrogen) atoms. The van der Waals surface area contributed by atoms with Gasteiger partial charge >= 0.3 is 0 Å². The Kier molecular flexibility index (Phi) is 4.02. The Balaban J connectivity index is 1.80. The maximum absolute atomic E-state index is 10.8. The lowest BCUT2D eigenvalue weighted by Crippen LogP contribution is -1.87.